The van der Waals surface area contributed by atoms with Crippen molar-refractivity contribution in [2.45, 2.75) is 51.5 Å². The highest BCUT2D eigenvalue weighted by Gasteiger charge is 2.31. The fourth-order valence-corrected chi connectivity index (χ4v) is 4.10. The second-order valence-corrected chi connectivity index (χ2v) is 7.93. The molecule has 1 amide bonds. The van der Waals surface area contributed by atoms with Gasteiger partial charge in [0.1, 0.15) is 12.4 Å². The number of amides is 1. The van der Waals surface area contributed by atoms with Gasteiger partial charge in [-0.3, -0.25) is 4.79 Å². The van der Waals surface area contributed by atoms with Crippen molar-refractivity contribution in [1.82, 2.24) is 15.5 Å². The van der Waals surface area contributed by atoms with Crippen molar-refractivity contribution in [2.24, 2.45) is 10.9 Å². The van der Waals surface area contributed by atoms with E-state index in [1.807, 2.05) is 11.8 Å². The first-order chi connectivity index (χ1) is 14.6. The minimum absolute atomic E-state index is 0. The molecule has 2 aliphatic rings. The number of hydrogen-bond donors (Lipinski definition) is 2. The van der Waals surface area contributed by atoms with Gasteiger partial charge in [-0.25, -0.2) is 13.8 Å². The summed E-state index contributed by atoms with van der Waals surface area (Å²) >= 11 is 0. The van der Waals surface area contributed by atoms with Gasteiger partial charge in [0.15, 0.2) is 17.5 Å². The molecule has 2 fully saturated rings. The van der Waals surface area contributed by atoms with E-state index in [-0.39, 0.29) is 48.3 Å². The largest absolute Gasteiger partial charge is 0.489 e. The van der Waals surface area contributed by atoms with Crippen molar-refractivity contribution in [3.63, 3.8) is 0 Å². The minimum atomic E-state index is -0.724. The number of aliphatic imine (C=N–C) groups is 1. The number of halogens is 3. The third-order valence-electron chi connectivity index (χ3n) is 5.65. The highest BCUT2D eigenvalue weighted by atomic mass is 127. The predicted octanol–water partition coefficient (Wildman–Crippen LogP) is 3.70. The Kier molecular flexibility index (Phi) is 10.8. The number of carbonyl (C=O) groups is 1. The number of nitrogens with zero attached hydrogens (tertiary/aromatic N) is 2. The monoisotopic (exact) mass is 550 g/mol. The summed E-state index contributed by atoms with van der Waals surface area (Å²) in [4.78, 5) is 19.2. The number of guanidine groups is 1. The molecule has 174 valence electrons. The number of ether oxygens (including phenoxy) is 1. The molecule has 1 heterocycles. The molecule has 1 unspecified atom stereocenters. The zero-order chi connectivity index (χ0) is 21.3. The number of rotatable bonds is 7. The smallest absolute Gasteiger partial charge is 0.225 e. The number of benzene rings is 1. The summed E-state index contributed by atoms with van der Waals surface area (Å²) in [6.07, 6.45) is 6.49. The van der Waals surface area contributed by atoms with Crippen molar-refractivity contribution in [2.75, 3.05) is 32.8 Å². The summed E-state index contributed by atoms with van der Waals surface area (Å²) in [6, 6.07) is 3.39. The van der Waals surface area contributed by atoms with Gasteiger partial charge in [-0.2, -0.15) is 0 Å². The van der Waals surface area contributed by atoms with Gasteiger partial charge in [0, 0.05) is 37.7 Å². The molecular weight excluding hydrogens is 517 g/mol. The Morgan fingerprint density at radius 2 is 2.00 bits per heavy atom. The van der Waals surface area contributed by atoms with Crippen molar-refractivity contribution in [3.8, 4) is 5.75 Å². The molecular formula is C22H33F2IN4O2. The summed E-state index contributed by atoms with van der Waals surface area (Å²) in [5, 5.41) is 6.58. The van der Waals surface area contributed by atoms with Crippen LogP contribution in [0.25, 0.3) is 0 Å². The first-order valence-electron chi connectivity index (χ1n) is 11.0. The lowest BCUT2D eigenvalue weighted by Gasteiger charge is -2.26. The van der Waals surface area contributed by atoms with Gasteiger partial charge in [0.05, 0.1) is 6.54 Å². The molecule has 3 rings (SSSR count). The third kappa shape index (κ3) is 7.76. The Hall–Kier alpha value is -1.65. The molecule has 0 bridgehead atoms. The van der Waals surface area contributed by atoms with Crippen molar-refractivity contribution >= 4 is 35.8 Å². The lowest BCUT2D eigenvalue weighted by Crippen LogP contribution is -2.45. The molecule has 1 aliphatic heterocycles. The maximum Gasteiger partial charge on any atom is 0.225 e. The molecule has 1 aromatic carbocycles. The maximum atomic E-state index is 13.6. The lowest BCUT2D eigenvalue weighted by atomic mass is 9.88. The van der Waals surface area contributed by atoms with E-state index in [0.717, 1.165) is 50.8 Å². The van der Waals surface area contributed by atoms with E-state index in [4.69, 9.17) is 4.74 Å². The fraction of sp³-hybridized carbons (Fsp3) is 0.636. The average Bonchev–Trinajstić information content (AvgIpc) is 3.21. The van der Waals surface area contributed by atoms with Gasteiger partial charge in [0.2, 0.25) is 5.91 Å². The van der Waals surface area contributed by atoms with Crippen molar-refractivity contribution < 1.29 is 18.3 Å². The van der Waals surface area contributed by atoms with Crippen LogP contribution in [0.1, 0.15) is 45.4 Å². The van der Waals surface area contributed by atoms with Crippen LogP contribution < -0.4 is 15.4 Å². The molecule has 31 heavy (non-hydrogen) atoms. The lowest BCUT2D eigenvalue weighted by molar-refractivity contribution is -0.135. The average molecular weight is 550 g/mol. The number of nitrogens with one attached hydrogen (secondary N) is 2. The molecule has 0 spiro atoms. The summed E-state index contributed by atoms with van der Waals surface area (Å²) < 4.78 is 31.9. The first kappa shape index (κ1) is 25.6. The van der Waals surface area contributed by atoms with Gasteiger partial charge in [-0.15, -0.1) is 24.0 Å². The molecule has 1 aromatic rings. The Labute approximate surface area is 200 Å². The second-order valence-electron chi connectivity index (χ2n) is 7.93. The zero-order valence-corrected chi connectivity index (χ0v) is 20.4. The molecule has 1 saturated carbocycles. The van der Waals surface area contributed by atoms with E-state index >= 15 is 0 Å². The molecule has 1 aliphatic carbocycles. The number of hydrogen-bond acceptors (Lipinski definition) is 3. The van der Waals surface area contributed by atoms with E-state index in [2.05, 4.69) is 15.6 Å². The predicted molar refractivity (Wildman–Crippen MR) is 128 cm³/mol. The topological polar surface area (TPSA) is 66.0 Å². The molecule has 0 aromatic heterocycles. The number of carbonyl (C=O) groups excluding carboxylic acids is 1. The van der Waals surface area contributed by atoms with Crippen LogP contribution in [0.5, 0.6) is 5.75 Å². The van der Waals surface area contributed by atoms with Crippen molar-refractivity contribution in [1.29, 1.82) is 0 Å². The SMILES string of the molecule is CCNC(=NCCOc1ccc(F)cc1F)NC1CCN(C(=O)C2CCCCC2)C1.I. The van der Waals surface area contributed by atoms with Crippen molar-refractivity contribution in [3.05, 3.63) is 29.8 Å². The van der Waals surface area contributed by atoms with E-state index in [1.54, 1.807) is 0 Å². The first-order valence-corrected chi connectivity index (χ1v) is 11.0. The summed E-state index contributed by atoms with van der Waals surface area (Å²) in [6.45, 7) is 4.65. The highest BCUT2D eigenvalue weighted by molar-refractivity contribution is 14.0. The molecule has 1 saturated heterocycles. The van der Waals surface area contributed by atoms with E-state index < -0.39 is 11.6 Å². The molecule has 6 nitrogen and oxygen atoms in total. The molecule has 9 heteroatoms. The standard InChI is InChI=1S/C22H32F2N4O2.HI/c1-2-25-22(26-11-13-30-20-9-8-17(23)14-19(20)24)27-18-10-12-28(15-18)21(29)16-6-4-3-5-7-16;/h8-9,14,16,18H,2-7,10-13,15H2,1H3,(H2,25,26,27);1H. The Bertz CT molecular complexity index is 744. The molecule has 0 radical (unpaired) electrons. The second kappa shape index (κ2) is 13.0. The Morgan fingerprint density at radius 3 is 2.71 bits per heavy atom. The van der Waals surface area contributed by atoms with Crippen LogP contribution in [-0.4, -0.2) is 55.6 Å². The maximum absolute atomic E-state index is 13.6. The Balaban J connectivity index is 0.00000341. The van der Waals surface area contributed by atoms with Gasteiger partial charge in [-0.05, 0) is 38.3 Å². The summed E-state index contributed by atoms with van der Waals surface area (Å²) in [5.41, 5.74) is 0. The summed E-state index contributed by atoms with van der Waals surface area (Å²) in [5.74, 6) is -0.198. The van der Waals surface area contributed by atoms with Crippen LogP contribution >= 0.6 is 24.0 Å². The normalized spacial score (nSPS) is 19.6. The van der Waals surface area contributed by atoms with E-state index in [1.165, 1.54) is 12.5 Å². The molecule has 2 N–H and O–H groups in total. The third-order valence-corrected chi connectivity index (χ3v) is 5.65. The zero-order valence-electron chi connectivity index (χ0n) is 18.0. The van der Waals surface area contributed by atoms with Crippen LogP contribution in [0.15, 0.2) is 23.2 Å². The Morgan fingerprint density at radius 1 is 1.23 bits per heavy atom. The van der Waals surface area contributed by atoms with Gasteiger partial charge in [-0.1, -0.05) is 19.3 Å². The van der Waals surface area contributed by atoms with E-state index in [9.17, 15) is 13.6 Å². The van der Waals surface area contributed by atoms with Crippen LogP contribution in [0.4, 0.5) is 8.78 Å². The van der Waals surface area contributed by atoms with Crippen LogP contribution in [0.3, 0.4) is 0 Å². The van der Waals surface area contributed by atoms with Crippen LogP contribution in [-0.2, 0) is 4.79 Å². The van der Waals surface area contributed by atoms with Crippen LogP contribution in [0.2, 0.25) is 0 Å². The minimum Gasteiger partial charge on any atom is -0.489 e. The summed E-state index contributed by atoms with van der Waals surface area (Å²) in [7, 11) is 0. The fourth-order valence-electron chi connectivity index (χ4n) is 4.10. The van der Waals surface area contributed by atoms with Gasteiger partial charge in [0.25, 0.3) is 0 Å². The van der Waals surface area contributed by atoms with E-state index in [0.29, 0.717) is 31.5 Å². The number of likely N-dealkylation sites (tertiary alicyclic amines) is 1. The highest BCUT2D eigenvalue weighted by Crippen LogP contribution is 2.26. The van der Waals surface area contributed by atoms with Crippen LogP contribution in [0, 0.1) is 17.6 Å². The van der Waals surface area contributed by atoms with Gasteiger partial charge < -0.3 is 20.3 Å². The quantitative estimate of drug-likeness (QED) is 0.235. The molecule has 1 atom stereocenters. The van der Waals surface area contributed by atoms with Gasteiger partial charge >= 0.3 is 0 Å².